The average molecular weight is 712 g/mol. The van der Waals surface area contributed by atoms with Crippen LogP contribution in [0.4, 0.5) is 0 Å². The van der Waals surface area contributed by atoms with E-state index in [0.717, 1.165) is 23.1 Å². The van der Waals surface area contributed by atoms with Crippen LogP contribution in [-0.2, 0) is 16.1 Å². The van der Waals surface area contributed by atoms with Gasteiger partial charge in [0.1, 0.15) is 12.4 Å². The van der Waals surface area contributed by atoms with E-state index in [-0.39, 0.29) is 12.2 Å². The van der Waals surface area contributed by atoms with E-state index in [1.807, 2.05) is 61.5 Å². The van der Waals surface area contributed by atoms with Gasteiger partial charge >= 0.3 is 5.97 Å². The van der Waals surface area contributed by atoms with Gasteiger partial charge in [-0.05, 0) is 88.4 Å². The molecule has 4 aromatic rings. The number of rotatable bonds is 11. The lowest BCUT2D eigenvalue weighted by Gasteiger charge is -2.26. The highest BCUT2D eigenvalue weighted by Gasteiger charge is 2.34. The number of methoxy groups -OCH3 is 2. The quantitative estimate of drug-likeness (QED) is 0.163. The number of carbonyl (C=O) groups excluding carboxylic acids is 1. The molecule has 8 nitrogen and oxygen atoms in total. The lowest BCUT2D eigenvalue weighted by molar-refractivity contribution is -0.139. The van der Waals surface area contributed by atoms with Gasteiger partial charge in [-0.2, -0.15) is 0 Å². The molecule has 0 amide bonds. The minimum absolute atomic E-state index is 0.201. The van der Waals surface area contributed by atoms with Gasteiger partial charge in [0.2, 0.25) is 0 Å². The number of hydrogen-bond donors (Lipinski definition) is 0. The van der Waals surface area contributed by atoms with Crippen molar-refractivity contribution in [1.29, 1.82) is 0 Å². The third-order valence-corrected chi connectivity index (χ3v) is 9.03. The van der Waals surface area contributed by atoms with Crippen LogP contribution < -0.4 is 29.1 Å². The second-order valence-corrected chi connectivity index (χ2v) is 12.4. The minimum atomic E-state index is -0.732. The fraction of sp³-hybridized carbons (Fsp3) is 0.265. The van der Waals surface area contributed by atoms with Gasteiger partial charge in [0.05, 0.1) is 47.1 Å². The molecule has 1 aliphatic rings. The first-order valence-electron chi connectivity index (χ1n) is 14.4. The molecule has 1 aromatic heterocycles. The highest BCUT2D eigenvalue weighted by atomic mass is 79.9. The number of allylic oxidation sites excluding steroid dienone is 1. The predicted octanol–water partition coefficient (Wildman–Crippen LogP) is 6.59. The zero-order valence-corrected chi connectivity index (χ0v) is 28.4. The van der Waals surface area contributed by atoms with Gasteiger partial charge in [-0.25, -0.2) is 9.79 Å². The van der Waals surface area contributed by atoms with Gasteiger partial charge in [-0.1, -0.05) is 60.5 Å². The van der Waals surface area contributed by atoms with E-state index >= 15 is 0 Å². The Kier molecular flexibility index (Phi) is 10.5. The van der Waals surface area contributed by atoms with Crippen molar-refractivity contribution < 1.29 is 23.7 Å². The second-order valence-electron chi connectivity index (χ2n) is 10.1. The molecular weight excluding hydrogens is 680 g/mol. The highest BCUT2D eigenvalue weighted by molar-refractivity contribution is 9.10. The number of halogens is 2. The number of esters is 1. The van der Waals surface area contributed by atoms with E-state index in [1.165, 1.54) is 11.3 Å². The number of nitrogens with zero attached hydrogens (tertiary/aromatic N) is 2. The standard InChI is InChI=1S/C34H32BrClN2O6S/c1-5-7-25-30(33(40)43-6-2)31(22-11-15-26(41-3)24(35)18-22)38-32(39)29(45-34(38)37-25)17-21-10-14-27(28(16-21)42-4)44-19-20-8-12-23(36)13-9-20/h8-18,31H,5-7,19H2,1-4H3/b29-17-. The average Bonchev–Trinajstić information content (AvgIpc) is 3.34. The Balaban J connectivity index is 1.59. The van der Waals surface area contributed by atoms with Crippen molar-refractivity contribution in [3.8, 4) is 17.2 Å². The lowest BCUT2D eigenvalue weighted by atomic mass is 9.94. The van der Waals surface area contributed by atoms with Gasteiger partial charge in [0.15, 0.2) is 16.3 Å². The SMILES string of the molecule is CCCC1=C(C(=O)OCC)C(c2ccc(OC)c(Br)c2)n2c(s/c(=C\c3ccc(OCc4ccc(Cl)cc4)c(OC)c3)c2=O)=N1. The Hall–Kier alpha value is -3.86. The van der Waals surface area contributed by atoms with Crippen molar-refractivity contribution in [2.24, 2.45) is 4.99 Å². The van der Waals surface area contributed by atoms with Crippen LogP contribution in [0.1, 0.15) is 49.4 Å². The third kappa shape index (κ3) is 7.03. The molecule has 2 heterocycles. The van der Waals surface area contributed by atoms with Crippen LogP contribution in [0.2, 0.25) is 5.02 Å². The van der Waals surface area contributed by atoms with E-state index in [4.69, 9.17) is 35.5 Å². The van der Waals surface area contributed by atoms with Gasteiger partial charge in [-0.3, -0.25) is 9.36 Å². The molecule has 0 saturated heterocycles. The molecule has 234 valence electrons. The predicted molar refractivity (Wildman–Crippen MR) is 179 cm³/mol. The first-order chi connectivity index (χ1) is 21.8. The molecule has 0 spiro atoms. The summed E-state index contributed by atoms with van der Waals surface area (Å²) in [5.41, 5.74) is 3.15. The number of fused-ring (bicyclic) bond motifs is 1. The Morgan fingerprint density at radius 2 is 1.76 bits per heavy atom. The second kappa shape index (κ2) is 14.5. The first kappa shape index (κ1) is 32.5. The van der Waals surface area contributed by atoms with Crippen molar-refractivity contribution in [1.82, 2.24) is 4.57 Å². The number of aromatic nitrogens is 1. The summed E-state index contributed by atoms with van der Waals surface area (Å²) in [4.78, 5) is 32.9. The maximum Gasteiger partial charge on any atom is 0.338 e. The van der Waals surface area contributed by atoms with Crippen molar-refractivity contribution in [2.45, 2.75) is 39.3 Å². The van der Waals surface area contributed by atoms with Crippen molar-refractivity contribution in [3.63, 3.8) is 0 Å². The van der Waals surface area contributed by atoms with Crippen LogP contribution in [0.25, 0.3) is 6.08 Å². The number of thiazole rings is 1. The Morgan fingerprint density at radius 1 is 1.02 bits per heavy atom. The van der Waals surface area contributed by atoms with Crippen molar-refractivity contribution in [3.05, 3.63) is 118 Å². The van der Waals surface area contributed by atoms with Crippen LogP contribution in [-0.4, -0.2) is 31.4 Å². The monoisotopic (exact) mass is 710 g/mol. The molecule has 45 heavy (non-hydrogen) atoms. The lowest BCUT2D eigenvalue weighted by Crippen LogP contribution is -2.40. The van der Waals surface area contributed by atoms with Crippen LogP contribution in [0.3, 0.4) is 0 Å². The molecule has 0 radical (unpaired) electrons. The minimum Gasteiger partial charge on any atom is -0.496 e. The van der Waals surface area contributed by atoms with E-state index in [2.05, 4.69) is 15.9 Å². The Labute approximate surface area is 278 Å². The number of carbonyl (C=O) groups is 1. The largest absolute Gasteiger partial charge is 0.496 e. The molecule has 1 aliphatic heterocycles. The first-order valence-corrected chi connectivity index (χ1v) is 16.4. The fourth-order valence-electron chi connectivity index (χ4n) is 5.08. The van der Waals surface area contributed by atoms with Crippen LogP contribution in [0.5, 0.6) is 17.2 Å². The molecule has 5 rings (SSSR count). The summed E-state index contributed by atoms with van der Waals surface area (Å²) in [5, 5.41) is 0.660. The summed E-state index contributed by atoms with van der Waals surface area (Å²) in [6.45, 7) is 4.33. The Morgan fingerprint density at radius 3 is 2.42 bits per heavy atom. The topological polar surface area (TPSA) is 88.4 Å². The van der Waals surface area contributed by atoms with E-state index < -0.39 is 12.0 Å². The molecule has 1 unspecified atom stereocenters. The molecule has 0 saturated carbocycles. The molecule has 0 fully saturated rings. The summed E-state index contributed by atoms with van der Waals surface area (Å²) >= 11 is 10.8. The third-order valence-electron chi connectivity index (χ3n) is 7.18. The maximum absolute atomic E-state index is 14.1. The van der Waals surface area contributed by atoms with Crippen LogP contribution in [0.15, 0.2) is 86.2 Å². The van der Waals surface area contributed by atoms with Crippen LogP contribution >= 0.6 is 38.9 Å². The van der Waals surface area contributed by atoms with E-state index in [9.17, 15) is 9.59 Å². The number of benzene rings is 3. The molecule has 0 bridgehead atoms. The van der Waals surface area contributed by atoms with Gasteiger partial charge in [0, 0.05) is 5.02 Å². The molecule has 0 aliphatic carbocycles. The van der Waals surface area contributed by atoms with E-state index in [1.54, 1.807) is 37.9 Å². The normalized spacial score (nSPS) is 14.5. The summed E-state index contributed by atoms with van der Waals surface area (Å²) in [6.07, 6.45) is 3.12. The molecule has 1 atom stereocenters. The number of ether oxygens (including phenoxy) is 4. The summed E-state index contributed by atoms with van der Waals surface area (Å²) in [6, 6.07) is 17.7. The molecule has 3 aromatic carbocycles. The summed E-state index contributed by atoms with van der Waals surface area (Å²) in [5.74, 6) is 1.24. The summed E-state index contributed by atoms with van der Waals surface area (Å²) in [7, 11) is 3.15. The van der Waals surface area contributed by atoms with Crippen molar-refractivity contribution in [2.75, 3.05) is 20.8 Å². The van der Waals surface area contributed by atoms with Crippen molar-refractivity contribution >= 4 is 50.9 Å². The van der Waals surface area contributed by atoms with Gasteiger partial charge < -0.3 is 18.9 Å². The zero-order chi connectivity index (χ0) is 32.1. The summed E-state index contributed by atoms with van der Waals surface area (Å²) < 4.78 is 25.3. The zero-order valence-electron chi connectivity index (χ0n) is 25.3. The molecular formula is C34H32BrClN2O6S. The highest BCUT2D eigenvalue weighted by Crippen LogP contribution is 2.36. The van der Waals surface area contributed by atoms with E-state index in [0.29, 0.717) is 60.4 Å². The fourth-order valence-corrected chi connectivity index (χ4v) is 6.78. The van der Waals surface area contributed by atoms with Gasteiger partial charge in [0.25, 0.3) is 5.56 Å². The smallest absolute Gasteiger partial charge is 0.338 e. The molecule has 0 N–H and O–H groups in total. The molecule has 11 heteroatoms. The maximum atomic E-state index is 14.1. The number of hydrogen-bond acceptors (Lipinski definition) is 8. The van der Waals surface area contributed by atoms with Crippen LogP contribution in [0, 0.1) is 0 Å². The Bertz CT molecular complexity index is 1930. The van der Waals surface area contributed by atoms with Gasteiger partial charge in [-0.15, -0.1) is 0 Å².